The van der Waals surface area contributed by atoms with Gasteiger partial charge < -0.3 is 20.5 Å². The van der Waals surface area contributed by atoms with Crippen molar-refractivity contribution in [1.82, 2.24) is 15.0 Å². The molecule has 7 nitrogen and oxygen atoms in total. The summed E-state index contributed by atoms with van der Waals surface area (Å²) in [7, 11) is 1.53. The molecule has 0 amide bonds. The zero-order chi connectivity index (χ0) is 20.6. The van der Waals surface area contributed by atoms with Crippen molar-refractivity contribution in [2.24, 2.45) is 11.1 Å². The average molecular weight is 418 g/mol. The summed E-state index contributed by atoms with van der Waals surface area (Å²) in [6.45, 7) is 3.50. The maximum absolute atomic E-state index is 10.0. The first-order chi connectivity index (χ1) is 14.0. The Labute approximate surface area is 176 Å². The first-order valence-corrected chi connectivity index (χ1v) is 10.5. The van der Waals surface area contributed by atoms with Crippen molar-refractivity contribution in [3.05, 3.63) is 28.7 Å². The van der Waals surface area contributed by atoms with Crippen molar-refractivity contribution in [2.75, 3.05) is 25.1 Å². The number of aromatic nitrogens is 3. The number of nitrogens with two attached hydrogens (primary N) is 1. The highest BCUT2D eigenvalue weighted by Gasteiger charge is 2.43. The van der Waals surface area contributed by atoms with Crippen LogP contribution in [0.5, 0.6) is 5.88 Å². The van der Waals surface area contributed by atoms with Gasteiger partial charge in [-0.2, -0.15) is 0 Å². The number of hydrogen-bond acceptors (Lipinski definition) is 7. The summed E-state index contributed by atoms with van der Waals surface area (Å²) in [6.07, 6.45) is 7.34. The fourth-order valence-electron chi connectivity index (χ4n) is 4.86. The van der Waals surface area contributed by atoms with Crippen LogP contribution in [-0.2, 0) is 6.61 Å². The van der Waals surface area contributed by atoms with E-state index in [0.717, 1.165) is 43.9 Å². The van der Waals surface area contributed by atoms with Crippen LogP contribution in [0.3, 0.4) is 0 Å². The first-order valence-electron chi connectivity index (χ1n) is 10.2. The lowest BCUT2D eigenvalue weighted by Crippen LogP contribution is -2.47. The van der Waals surface area contributed by atoms with Crippen LogP contribution in [0, 0.1) is 12.3 Å². The number of piperidine rings is 1. The number of nitrogens with zero attached hydrogens (tertiary/aromatic N) is 4. The van der Waals surface area contributed by atoms with Gasteiger partial charge in [0.1, 0.15) is 10.7 Å². The lowest BCUT2D eigenvalue weighted by Gasteiger charge is -2.42. The number of ether oxygens (including phenoxy) is 1. The molecule has 0 aromatic carbocycles. The maximum Gasteiger partial charge on any atom is 0.232 e. The molecule has 2 aromatic rings. The van der Waals surface area contributed by atoms with E-state index < -0.39 is 0 Å². The molecule has 1 saturated heterocycles. The van der Waals surface area contributed by atoms with Crippen LogP contribution in [0.4, 0.5) is 5.82 Å². The van der Waals surface area contributed by atoms with Crippen LogP contribution < -0.4 is 15.4 Å². The number of aliphatic hydroxyl groups is 1. The molecule has 4 rings (SSSR count). The summed E-state index contributed by atoms with van der Waals surface area (Å²) in [6, 6.07) is 2.09. The SMILES string of the molecule is COc1nccc(-c2nc(CO)c(N3CCC4(CCC[C@H]4N)CC3)nc2C)c1Cl. The fourth-order valence-corrected chi connectivity index (χ4v) is 5.14. The molecule has 2 aromatic heterocycles. The van der Waals surface area contributed by atoms with Gasteiger partial charge in [-0.25, -0.2) is 15.0 Å². The van der Waals surface area contributed by atoms with E-state index in [1.54, 1.807) is 12.3 Å². The molecule has 0 radical (unpaired) electrons. The second-order valence-corrected chi connectivity index (χ2v) is 8.49. The van der Waals surface area contributed by atoms with Gasteiger partial charge in [0.2, 0.25) is 5.88 Å². The second kappa shape index (κ2) is 8.05. The van der Waals surface area contributed by atoms with Gasteiger partial charge in [-0.05, 0) is 44.1 Å². The van der Waals surface area contributed by atoms with E-state index in [9.17, 15) is 5.11 Å². The third-order valence-electron chi connectivity index (χ3n) is 6.61. The molecule has 2 aliphatic rings. The molecule has 156 valence electrons. The normalized spacial score (nSPS) is 21.0. The highest BCUT2D eigenvalue weighted by molar-refractivity contribution is 6.34. The number of anilines is 1. The molecule has 1 spiro atoms. The molecule has 1 aliphatic heterocycles. The topological polar surface area (TPSA) is 97.4 Å². The van der Waals surface area contributed by atoms with Gasteiger partial charge >= 0.3 is 0 Å². The Kier molecular flexibility index (Phi) is 5.64. The summed E-state index contributed by atoms with van der Waals surface area (Å²) >= 11 is 6.44. The van der Waals surface area contributed by atoms with Crippen molar-refractivity contribution < 1.29 is 9.84 Å². The molecular formula is C21H28ClN5O2. The van der Waals surface area contributed by atoms with Crippen LogP contribution in [-0.4, -0.2) is 46.3 Å². The minimum Gasteiger partial charge on any atom is -0.480 e. The molecule has 3 heterocycles. The van der Waals surface area contributed by atoms with Crippen LogP contribution >= 0.6 is 11.6 Å². The highest BCUT2D eigenvalue weighted by Crippen LogP contribution is 2.46. The Morgan fingerprint density at radius 2 is 2.07 bits per heavy atom. The van der Waals surface area contributed by atoms with Crippen molar-refractivity contribution in [3.63, 3.8) is 0 Å². The van der Waals surface area contributed by atoms with Crippen LogP contribution in [0.25, 0.3) is 11.3 Å². The van der Waals surface area contributed by atoms with Crippen molar-refractivity contribution in [3.8, 4) is 17.1 Å². The lowest BCUT2D eigenvalue weighted by molar-refractivity contribution is 0.196. The molecule has 1 atom stereocenters. The zero-order valence-corrected chi connectivity index (χ0v) is 17.7. The third kappa shape index (κ3) is 3.56. The quantitative estimate of drug-likeness (QED) is 0.788. The molecule has 29 heavy (non-hydrogen) atoms. The summed E-state index contributed by atoms with van der Waals surface area (Å²) < 4.78 is 5.22. The number of methoxy groups -OCH3 is 1. The molecule has 0 unspecified atom stereocenters. The van der Waals surface area contributed by atoms with E-state index in [1.807, 2.05) is 6.92 Å². The molecule has 0 bridgehead atoms. The third-order valence-corrected chi connectivity index (χ3v) is 6.98. The zero-order valence-electron chi connectivity index (χ0n) is 17.0. The van der Waals surface area contributed by atoms with Crippen molar-refractivity contribution >= 4 is 17.4 Å². The second-order valence-electron chi connectivity index (χ2n) is 8.12. The minimum atomic E-state index is -0.184. The van der Waals surface area contributed by atoms with E-state index in [0.29, 0.717) is 33.9 Å². The molecule has 2 fully saturated rings. The predicted molar refractivity (Wildman–Crippen MR) is 113 cm³/mol. The fraction of sp³-hybridized carbons (Fsp3) is 0.571. The Bertz CT molecular complexity index is 899. The van der Waals surface area contributed by atoms with Crippen LogP contribution in [0.15, 0.2) is 12.3 Å². The van der Waals surface area contributed by atoms with Gasteiger partial charge in [0.25, 0.3) is 0 Å². The molecular weight excluding hydrogens is 390 g/mol. The van der Waals surface area contributed by atoms with E-state index in [-0.39, 0.29) is 12.0 Å². The number of halogens is 1. The van der Waals surface area contributed by atoms with Crippen molar-refractivity contribution in [1.29, 1.82) is 0 Å². The van der Waals surface area contributed by atoms with E-state index in [2.05, 4.69) is 9.88 Å². The minimum absolute atomic E-state index is 0.184. The van der Waals surface area contributed by atoms with E-state index in [1.165, 1.54) is 20.0 Å². The maximum atomic E-state index is 10.0. The standard InChI is InChI=1S/C21H28ClN5O2/c1-13-18(14-5-9-24-20(29-2)17(14)22)26-15(12-28)19(25-13)27-10-7-21(8-11-27)6-3-4-16(21)23/h5,9,16,28H,3-4,6-8,10-12,23H2,1-2H3/t16-/m1/s1. The molecule has 3 N–H and O–H groups in total. The molecule has 8 heteroatoms. The number of pyridine rings is 1. The Morgan fingerprint density at radius 3 is 2.69 bits per heavy atom. The van der Waals surface area contributed by atoms with Crippen LogP contribution in [0.1, 0.15) is 43.5 Å². The summed E-state index contributed by atoms with van der Waals surface area (Å²) in [5, 5.41) is 10.4. The van der Waals surface area contributed by atoms with E-state index >= 15 is 0 Å². The first kappa shape index (κ1) is 20.3. The summed E-state index contributed by atoms with van der Waals surface area (Å²) in [5.74, 6) is 1.10. The number of aryl methyl sites for hydroxylation is 1. The van der Waals surface area contributed by atoms with Gasteiger partial charge in [0, 0.05) is 30.9 Å². The number of aliphatic hydroxyl groups excluding tert-OH is 1. The lowest BCUT2D eigenvalue weighted by atomic mass is 9.74. The van der Waals surface area contributed by atoms with Gasteiger partial charge in [-0.15, -0.1) is 0 Å². The van der Waals surface area contributed by atoms with Crippen LogP contribution in [0.2, 0.25) is 5.02 Å². The average Bonchev–Trinajstić information content (AvgIpc) is 3.08. The number of hydrogen-bond donors (Lipinski definition) is 2. The Morgan fingerprint density at radius 1 is 1.31 bits per heavy atom. The summed E-state index contributed by atoms with van der Waals surface area (Å²) in [5.41, 5.74) is 9.34. The molecule has 1 saturated carbocycles. The molecule has 1 aliphatic carbocycles. The Balaban J connectivity index is 1.64. The van der Waals surface area contributed by atoms with Crippen molar-refractivity contribution in [2.45, 2.75) is 51.7 Å². The Hall–Kier alpha value is -1.96. The predicted octanol–water partition coefficient (Wildman–Crippen LogP) is 3.10. The smallest absolute Gasteiger partial charge is 0.232 e. The largest absolute Gasteiger partial charge is 0.480 e. The van der Waals surface area contributed by atoms with Gasteiger partial charge in [-0.1, -0.05) is 18.0 Å². The van der Waals surface area contributed by atoms with Gasteiger partial charge in [0.05, 0.1) is 25.1 Å². The number of rotatable bonds is 4. The monoisotopic (exact) mass is 417 g/mol. The summed E-state index contributed by atoms with van der Waals surface area (Å²) in [4.78, 5) is 15.9. The van der Waals surface area contributed by atoms with Gasteiger partial charge in [0.15, 0.2) is 5.82 Å². The highest BCUT2D eigenvalue weighted by atomic mass is 35.5. The van der Waals surface area contributed by atoms with Gasteiger partial charge in [-0.3, -0.25) is 0 Å². The van der Waals surface area contributed by atoms with E-state index in [4.69, 9.17) is 32.0 Å².